The van der Waals surface area contributed by atoms with Gasteiger partial charge in [0.2, 0.25) is 0 Å². The molecule has 0 saturated heterocycles. The van der Waals surface area contributed by atoms with Crippen LogP contribution in [0, 0.1) is 0 Å². The summed E-state index contributed by atoms with van der Waals surface area (Å²) in [5.41, 5.74) is 0.808. The maximum atomic E-state index is 12.1. The Morgan fingerprint density at radius 1 is 1.26 bits per heavy atom. The van der Waals surface area contributed by atoms with Gasteiger partial charge >= 0.3 is 0 Å². The van der Waals surface area contributed by atoms with Gasteiger partial charge < -0.3 is 0 Å². The van der Waals surface area contributed by atoms with Gasteiger partial charge in [0.15, 0.2) is 0 Å². The van der Waals surface area contributed by atoms with Crippen LogP contribution in [0.15, 0.2) is 42.8 Å². The predicted octanol–water partition coefficient (Wildman–Crippen LogP) is 4.41. The van der Waals surface area contributed by atoms with E-state index in [-0.39, 0.29) is 10.8 Å². The van der Waals surface area contributed by atoms with Crippen molar-refractivity contribution in [2.75, 3.05) is 0 Å². The van der Waals surface area contributed by atoms with Gasteiger partial charge in [-0.2, -0.15) is 0 Å². The van der Waals surface area contributed by atoms with Crippen LogP contribution in [0.25, 0.3) is 0 Å². The highest BCUT2D eigenvalue weighted by atomic mass is 79.9. The van der Waals surface area contributed by atoms with Crippen molar-refractivity contribution < 1.29 is 8.42 Å². The molecule has 2 aromatic rings. The van der Waals surface area contributed by atoms with Gasteiger partial charge in [0.1, 0.15) is 4.21 Å². The van der Waals surface area contributed by atoms with E-state index in [2.05, 4.69) is 36.6 Å². The molecule has 0 spiro atoms. The lowest BCUT2D eigenvalue weighted by Gasteiger charge is -2.06. The van der Waals surface area contributed by atoms with E-state index < -0.39 is 10.0 Å². The number of hydrogen-bond acceptors (Lipinski definition) is 3. The van der Waals surface area contributed by atoms with Crippen molar-refractivity contribution in [3.8, 4) is 0 Å². The van der Waals surface area contributed by atoms with E-state index in [0.29, 0.717) is 9.50 Å². The van der Waals surface area contributed by atoms with Crippen molar-refractivity contribution in [2.45, 2.75) is 10.8 Å². The van der Waals surface area contributed by atoms with Gasteiger partial charge in [0, 0.05) is 16.0 Å². The molecule has 8 heteroatoms. The first-order valence-electron chi connectivity index (χ1n) is 5.07. The summed E-state index contributed by atoms with van der Waals surface area (Å²) in [6.07, 6.45) is 0. The Labute approximate surface area is 137 Å². The molecule has 1 N–H and O–H groups in total. The van der Waals surface area contributed by atoms with Crippen molar-refractivity contribution in [3.05, 3.63) is 49.2 Å². The molecule has 1 heterocycles. The van der Waals surface area contributed by atoms with Crippen LogP contribution in [-0.4, -0.2) is 8.42 Å². The monoisotopic (exact) mass is 443 g/mol. The largest absolute Gasteiger partial charge is 0.251 e. The van der Waals surface area contributed by atoms with Crippen molar-refractivity contribution >= 4 is 64.8 Å². The zero-order chi connectivity index (χ0) is 14.0. The Kier molecular flexibility index (Phi) is 5.08. The van der Waals surface area contributed by atoms with Gasteiger partial charge in [-0.3, -0.25) is 0 Å². The van der Waals surface area contributed by atoms with Gasteiger partial charge in [-0.1, -0.05) is 23.7 Å². The fourth-order valence-corrected chi connectivity index (χ4v) is 6.42. The second-order valence-electron chi connectivity index (χ2n) is 3.64. The first-order valence-corrected chi connectivity index (χ1v) is 9.34. The number of thiophene rings is 1. The van der Waals surface area contributed by atoms with Gasteiger partial charge in [-0.15, -0.1) is 11.3 Å². The molecule has 1 aromatic carbocycles. The molecule has 2 rings (SSSR count). The Bertz CT molecular complexity index is 700. The zero-order valence-corrected chi connectivity index (χ0v) is 14.9. The number of nitrogens with one attached hydrogen (secondary N) is 1. The van der Waals surface area contributed by atoms with Crippen LogP contribution < -0.4 is 4.72 Å². The molecule has 0 saturated carbocycles. The highest BCUT2D eigenvalue weighted by Gasteiger charge is 2.20. The minimum atomic E-state index is -3.53. The fourth-order valence-electron chi connectivity index (χ4n) is 1.40. The minimum Gasteiger partial charge on any atom is -0.206 e. The number of rotatable bonds is 4. The summed E-state index contributed by atoms with van der Waals surface area (Å²) in [6, 6.07) is 8.77. The van der Waals surface area contributed by atoms with Crippen LogP contribution in [0.1, 0.15) is 5.56 Å². The van der Waals surface area contributed by atoms with Crippen LogP contribution in [0.2, 0.25) is 5.02 Å². The number of hydrogen-bond donors (Lipinski definition) is 1. The smallest absolute Gasteiger partial charge is 0.206 e. The fraction of sp³-hybridized carbons (Fsp3) is 0.0909. The number of sulfonamides is 1. The lowest BCUT2D eigenvalue weighted by atomic mass is 10.2. The molecular formula is C11H8Br2ClNO2S2. The summed E-state index contributed by atoms with van der Waals surface area (Å²) in [5, 5.41) is 0.580. The Balaban J connectivity index is 2.16. The quantitative estimate of drug-likeness (QED) is 0.758. The maximum Gasteiger partial charge on any atom is 0.251 e. The summed E-state index contributed by atoms with van der Waals surface area (Å²) >= 11 is 13.5. The third kappa shape index (κ3) is 4.03. The van der Waals surface area contributed by atoms with E-state index in [9.17, 15) is 8.42 Å². The molecule has 0 aliphatic rings. The van der Waals surface area contributed by atoms with Gasteiger partial charge in [0.05, 0.1) is 3.79 Å². The van der Waals surface area contributed by atoms with Crippen molar-refractivity contribution in [1.29, 1.82) is 0 Å². The summed E-state index contributed by atoms with van der Waals surface area (Å²) < 4.78 is 28.4. The average Bonchev–Trinajstić information content (AvgIpc) is 2.67. The lowest BCUT2D eigenvalue weighted by molar-refractivity contribution is 0.583. The molecule has 0 bridgehead atoms. The lowest BCUT2D eigenvalue weighted by Crippen LogP contribution is -2.22. The topological polar surface area (TPSA) is 46.2 Å². The SMILES string of the molecule is O=S(=O)(NCc1cccc(Cl)c1)c1sc(Br)cc1Br. The van der Waals surface area contributed by atoms with Gasteiger partial charge in [-0.05, 0) is 55.6 Å². The van der Waals surface area contributed by atoms with Crippen molar-refractivity contribution in [2.24, 2.45) is 0 Å². The Morgan fingerprint density at radius 2 is 2.00 bits per heavy atom. The molecule has 0 amide bonds. The highest BCUT2D eigenvalue weighted by molar-refractivity contribution is 9.11. The number of benzene rings is 1. The molecule has 0 fully saturated rings. The molecular weight excluding hydrogens is 438 g/mol. The third-order valence-corrected chi connectivity index (χ3v) is 7.18. The summed E-state index contributed by atoms with van der Waals surface area (Å²) in [6.45, 7) is 0.199. The summed E-state index contributed by atoms with van der Waals surface area (Å²) in [4.78, 5) is 0. The molecule has 0 atom stereocenters. The second kappa shape index (κ2) is 6.24. The average molecular weight is 446 g/mol. The summed E-state index contributed by atoms with van der Waals surface area (Å²) in [5.74, 6) is 0. The first-order chi connectivity index (χ1) is 8.88. The minimum absolute atomic E-state index is 0.199. The molecule has 0 aliphatic heterocycles. The normalized spacial score (nSPS) is 11.7. The van der Waals surface area contributed by atoms with E-state index >= 15 is 0 Å². The Morgan fingerprint density at radius 3 is 2.58 bits per heavy atom. The van der Waals surface area contributed by atoms with E-state index in [0.717, 1.165) is 20.7 Å². The number of halogens is 3. The van der Waals surface area contributed by atoms with Gasteiger partial charge in [0.25, 0.3) is 10.0 Å². The van der Waals surface area contributed by atoms with E-state index in [1.54, 1.807) is 24.3 Å². The van der Waals surface area contributed by atoms with Crippen molar-refractivity contribution in [3.63, 3.8) is 0 Å². The highest BCUT2D eigenvalue weighted by Crippen LogP contribution is 2.34. The van der Waals surface area contributed by atoms with Crippen LogP contribution in [0.5, 0.6) is 0 Å². The standard InChI is InChI=1S/C11H8Br2ClNO2S2/c12-9-5-10(13)18-11(9)19(16,17)15-6-7-2-1-3-8(14)4-7/h1-5,15H,6H2. The van der Waals surface area contributed by atoms with Crippen LogP contribution in [0.4, 0.5) is 0 Å². The molecule has 19 heavy (non-hydrogen) atoms. The Hall–Kier alpha value is 0.0800. The molecule has 0 aliphatic carbocycles. The third-order valence-electron chi connectivity index (χ3n) is 2.22. The molecule has 102 valence electrons. The molecule has 3 nitrogen and oxygen atoms in total. The van der Waals surface area contributed by atoms with E-state index in [1.165, 1.54) is 0 Å². The molecule has 0 radical (unpaired) electrons. The van der Waals surface area contributed by atoms with E-state index in [4.69, 9.17) is 11.6 Å². The first kappa shape index (κ1) is 15.5. The second-order valence-corrected chi connectivity index (χ2v) is 9.32. The van der Waals surface area contributed by atoms with Crippen molar-refractivity contribution in [1.82, 2.24) is 4.72 Å². The van der Waals surface area contributed by atoms with Crippen LogP contribution >= 0.6 is 54.8 Å². The van der Waals surface area contributed by atoms with E-state index in [1.807, 2.05) is 6.07 Å². The zero-order valence-electron chi connectivity index (χ0n) is 9.36. The van der Waals surface area contributed by atoms with Crippen LogP contribution in [0.3, 0.4) is 0 Å². The molecule has 0 unspecified atom stereocenters. The van der Waals surface area contributed by atoms with Crippen LogP contribution in [-0.2, 0) is 16.6 Å². The summed E-state index contributed by atoms with van der Waals surface area (Å²) in [7, 11) is -3.53. The molecule has 1 aromatic heterocycles. The van der Waals surface area contributed by atoms with Gasteiger partial charge in [-0.25, -0.2) is 13.1 Å². The maximum absolute atomic E-state index is 12.1. The predicted molar refractivity (Wildman–Crippen MR) is 85.2 cm³/mol.